The van der Waals surface area contributed by atoms with E-state index >= 15 is 0 Å². The van der Waals surface area contributed by atoms with Crippen LogP contribution in [0.2, 0.25) is 5.02 Å². The molecule has 1 aliphatic carbocycles. The Kier molecular flexibility index (Phi) is 5.76. The maximum atomic E-state index is 11.7. The highest BCUT2D eigenvalue weighted by molar-refractivity contribution is 6.30. The Balaban J connectivity index is 0.00000176. The molecule has 0 aromatic heterocycles. The number of nitrogens with zero attached hydrogens (tertiary/aromatic N) is 1. The summed E-state index contributed by atoms with van der Waals surface area (Å²) in [5.41, 5.74) is 1.17. The van der Waals surface area contributed by atoms with Gasteiger partial charge in [-0.25, -0.2) is 0 Å². The molecular weight excluding hydrogens is 321 g/mol. The highest BCUT2D eigenvalue weighted by Crippen LogP contribution is 2.47. The standard InChI is InChI=1S/C17H22ClNO2.ClH/c18-14-6-4-5-13(9-14)10-19-11-15(16(20)21)17(12-19)7-2-1-3-8-17;/h4-6,9,15H,1-3,7-8,10-12H2,(H,20,21);1H. The van der Waals surface area contributed by atoms with Crippen LogP contribution in [0.5, 0.6) is 0 Å². The first-order valence-electron chi connectivity index (χ1n) is 7.79. The molecule has 1 saturated heterocycles. The van der Waals surface area contributed by atoms with E-state index in [-0.39, 0.29) is 23.7 Å². The van der Waals surface area contributed by atoms with Crippen LogP contribution >= 0.6 is 24.0 Å². The lowest BCUT2D eigenvalue weighted by Crippen LogP contribution is -2.36. The summed E-state index contributed by atoms with van der Waals surface area (Å²) < 4.78 is 0. The predicted molar refractivity (Wildman–Crippen MR) is 90.6 cm³/mol. The number of likely N-dealkylation sites (tertiary alicyclic amines) is 1. The van der Waals surface area contributed by atoms with Crippen molar-refractivity contribution in [1.82, 2.24) is 4.90 Å². The second-order valence-electron chi connectivity index (χ2n) is 6.61. The molecule has 5 heteroatoms. The molecule has 2 aliphatic rings. The monoisotopic (exact) mass is 343 g/mol. The molecule has 1 aromatic rings. The van der Waals surface area contributed by atoms with Crippen LogP contribution in [0.25, 0.3) is 0 Å². The highest BCUT2D eigenvalue weighted by atomic mass is 35.5. The molecule has 1 saturated carbocycles. The molecule has 1 heterocycles. The van der Waals surface area contributed by atoms with E-state index in [0.29, 0.717) is 6.54 Å². The Morgan fingerprint density at radius 3 is 2.68 bits per heavy atom. The van der Waals surface area contributed by atoms with Gasteiger partial charge in [-0.15, -0.1) is 12.4 Å². The topological polar surface area (TPSA) is 40.5 Å². The number of aliphatic carboxylic acids is 1. The number of benzene rings is 1. The minimum absolute atomic E-state index is 0. The van der Waals surface area contributed by atoms with Gasteiger partial charge in [0.2, 0.25) is 0 Å². The predicted octanol–water partition coefficient (Wildman–Crippen LogP) is 4.23. The van der Waals surface area contributed by atoms with Gasteiger partial charge in [0.05, 0.1) is 5.92 Å². The van der Waals surface area contributed by atoms with E-state index in [1.165, 1.54) is 24.8 Å². The van der Waals surface area contributed by atoms with Crippen LogP contribution in [0, 0.1) is 11.3 Å². The van der Waals surface area contributed by atoms with Crippen molar-refractivity contribution < 1.29 is 9.90 Å². The average Bonchev–Trinajstić information content (AvgIpc) is 2.78. The first-order chi connectivity index (χ1) is 10.1. The molecule has 3 rings (SSSR count). The number of carboxylic acid groups (broad SMARTS) is 1. The Hall–Kier alpha value is -0.770. The van der Waals surface area contributed by atoms with Crippen molar-refractivity contribution in [3.63, 3.8) is 0 Å². The Morgan fingerprint density at radius 1 is 1.32 bits per heavy atom. The third-order valence-electron chi connectivity index (χ3n) is 5.16. The van der Waals surface area contributed by atoms with Gasteiger partial charge >= 0.3 is 5.97 Å². The van der Waals surface area contributed by atoms with Crippen molar-refractivity contribution in [2.24, 2.45) is 11.3 Å². The van der Waals surface area contributed by atoms with Crippen molar-refractivity contribution in [3.05, 3.63) is 34.9 Å². The highest BCUT2D eigenvalue weighted by Gasteiger charge is 2.50. The summed E-state index contributed by atoms with van der Waals surface area (Å²) in [6.45, 7) is 2.38. The van der Waals surface area contributed by atoms with Gasteiger partial charge in [-0.2, -0.15) is 0 Å². The number of halogens is 2. The molecule has 1 atom stereocenters. The van der Waals surface area contributed by atoms with E-state index in [1.807, 2.05) is 18.2 Å². The van der Waals surface area contributed by atoms with E-state index < -0.39 is 5.97 Å². The van der Waals surface area contributed by atoms with Crippen molar-refractivity contribution in [2.45, 2.75) is 38.6 Å². The number of hydrogen-bond acceptors (Lipinski definition) is 2. The van der Waals surface area contributed by atoms with Crippen LogP contribution in [-0.2, 0) is 11.3 Å². The first kappa shape index (κ1) is 17.6. The molecule has 122 valence electrons. The molecule has 1 spiro atoms. The van der Waals surface area contributed by atoms with E-state index in [2.05, 4.69) is 11.0 Å². The summed E-state index contributed by atoms with van der Waals surface area (Å²) in [4.78, 5) is 14.0. The van der Waals surface area contributed by atoms with Gasteiger partial charge in [-0.1, -0.05) is 43.0 Å². The smallest absolute Gasteiger partial charge is 0.308 e. The second kappa shape index (κ2) is 7.20. The summed E-state index contributed by atoms with van der Waals surface area (Å²) in [7, 11) is 0. The summed E-state index contributed by atoms with van der Waals surface area (Å²) in [6.07, 6.45) is 5.73. The second-order valence-corrected chi connectivity index (χ2v) is 7.05. The fourth-order valence-corrected chi connectivity index (χ4v) is 4.40. The first-order valence-corrected chi connectivity index (χ1v) is 8.16. The van der Waals surface area contributed by atoms with E-state index in [1.54, 1.807) is 0 Å². The zero-order valence-corrected chi connectivity index (χ0v) is 14.2. The van der Waals surface area contributed by atoms with Gasteiger partial charge < -0.3 is 5.11 Å². The number of carbonyl (C=O) groups is 1. The quantitative estimate of drug-likeness (QED) is 0.892. The number of rotatable bonds is 3. The third kappa shape index (κ3) is 3.58. The minimum atomic E-state index is -0.620. The van der Waals surface area contributed by atoms with Crippen LogP contribution in [0.3, 0.4) is 0 Å². The molecule has 3 nitrogen and oxygen atoms in total. The van der Waals surface area contributed by atoms with Gasteiger partial charge in [-0.3, -0.25) is 9.69 Å². The largest absolute Gasteiger partial charge is 0.481 e. The average molecular weight is 344 g/mol. The molecule has 1 N–H and O–H groups in total. The number of hydrogen-bond donors (Lipinski definition) is 1. The zero-order valence-electron chi connectivity index (χ0n) is 12.6. The molecule has 0 radical (unpaired) electrons. The third-order valence-corrected chi connectivity index (χ3v) is 5.40. The van der Waals surface area contributed by atoms with E-state index in [4.69, 9.17) is 11.6 Å². The minimum Gasteiger partial charge on any atom is -0.481 e. The van der Waals surface area contributed by atoms with Gasteiger partial charge in [0, 0.05) is 24.7 Å². The summed E-state index contributed by atoms with van der Waals surface area (Å²) in [5.74, 6) is -0.831. The maximum Gasteiger partial charge on any atom is 0.308 e. The molecule has 1 unspecified atom stereocenters. The Morgan fingerprint density at radius 2 is 2.05 bits per heavy atom. The van der Waals surface area contributed by atoms with Crippen LogP contribution in [0.1, 0.15) is 37.7 Å². The lowest BCUT2D eigenvalue weighted by Gasteiger charge is -2.36. The Labute approximate surface area is 143 Å². The SMILES string of the molecule is Cl.O=C(O)C1CN(Cc2cccc(Cl)c2)CC12CCCCC2. The molecule has 0 bridgehead atoms. The van der Waals surface area contributed by atoms with Crippen molar-refractivity contribution >= 4 is 30.0 Å². The fourth-order valence-electron chi connectivity index (χ4n) is 4.19. The lowest BCUT2D eigenvalue weighted by molar-refractivity contribution is -0.145. The van der Waals surface area contributed by atoms with Crippen molar-refractivity contribution in [1.29, 1.82) is 0 Å². The summed E-state index contributed by atoms with van der Waals surface area (Å²) in [6, 6.07) is 7.87. The zero-order chi connectivity index (χ0) is 14.9. The number of carboxylic acids is 1. The van der Waals surface area contributed by atoms with Crippen LogP contribution in [-0.4, -0.2) is 29.1 Å². The van der Waals surface area contributed by atoms with Crippen molar-refractivity contribution in [3.8, 4) is 0 Å². The summed E-state index contributed by atoms with van der Waals surface area (Å²) >= 11 is 6.04. The molecule has 2 fully saturated rings. The normalized spacial score (nSPS) is 24.1. The molecule has 22 heavy (non-hydrogen) atoms. The van der Waals surface area contributed by atoms with Crippen LogP contribution < -0.4 is 0 Å². The van der Waals surface area contributed by atoms with Crippen LogP contribution in [0.15, 0.2) is 24.3 Å². The van der Waals surface area contributed by atoms with E-state index in [0.717, 1.165) is 31.0 Å². The van der Waals surface area contributed by atoms with Crippen LogP contribution in [0.4, 0.5) is 0 Å². The maximum absolute atomic E-state index is 11.7. The molecular formula is C17H23Cl2NO2. The van der Waals surface area contributed by atoms with Gasteiger partial charge in [0.25, 0.3) is 0 Å². The fraction of sp³-hybridized carbons (Fsp3) is 0.588. The molecule has 1 aromatic carbocycles. The molecule has 0 amide bonds. The van der Waals surface area contributed by atoms with Crippen molar-refractivity contribution in [2.75, 3.05) is 13.1 Å². The van der Waals surface area contributed by atoms with E-state index in [9.17, 15) is 9.90 Å². The van der Waals surface area contributed by atoms with Gasteiger partial charge in [0.15, 0.2) is 0 Å². The Bertz CT molecular complexity index is 529. The summed E-state index contributed by atoms with van der Waals surface area (Å²) in [5, 5.41) is 10.4. The van der Waals surface area contributed by atoms with Gasteiger partial charge in [0.1, 0.15) is 0 Å². The lowest BCUT2D eigenvalue weighted by atomic mass is 9.68. The molecule has 1 aliphatic heterocycles. The van der Waals surface area contributed by atoms with Gasteiger partial charge in [-0.05, 0) is 36.0 Å².